The average molecular weight is 930 g/mol. The number of halogens is 2. The molecule has 16 bridgehead atoms. The molecule has 15 rings (SSSR count). The van der Waals surface area contributed by atoms with Crippen LogP contribution in [0.3, 0.4) is 0 Å². The maximum Gasteiger partial charge on any atom is 0.233 e. The van der Waals surface area contributed by atoms with Crippen molar-refractivity contribution in [3.8, 4) is 23.0 Å². The second kappa shape index (κ2) is 15.2. The highest BCUT2D eigenvalue weighted by molar-refractivity contribution is 6.28. The van der Waals surface area contributed by atoms with Crippen molar-refractivity contribution in [2.24, 2.45) is 0 Å². The van der Waals surface area contributed by atoms with E-state index < -0.39 is 0 Å². The molecule has 67 heavy (non-hydrogen) atoms. The molecular weight excluding hydrogens is 892 g/mol. The lowest BCUT2D eigenvalue weighted by atomic mass is 9.61. The summed E-state index contributed by atoms with van der Waals surface area (Å²) in [7, 11) is 6.64. The molecule has 6 aromatic carbocycles. The van der Waals surface area contributed by atoms with Gasteiger partial charge in [0.2, 0.25) is 34.4 Å². The molecule has 0 fully saturated rings. The van der Waals surface area contributed by atoms with Crippen LogP contribution in [0.15, 0.2) is 97.1 Å². The van der Waals surface area contributed by atoms with E-state index in [1.54, 1.807) is 28.4 Å². The van der Waals surface area contributed by atoms with E-state index in [1.807, 2.05) is 24.3 Å². The highest BCUT2D eigenvalue weighted by Crippen LogP contribution is 2.60. The lowest BCUT2D eigenvalue weighted by molar-refractivity contribution is 0.353. The molecule has 0 saturated carbocycles. The Labute approximate surface area is 393 Å². The maximum atomic E-state index is 6.63. The van der Waals surface area contributed by atoms with Crippen LogP contribution in [-0.2, 0) is 0 Å². The molecule has 17 heteroatoms. The number of hydrogen-bond donors (Lipinski definition) is 4. The Kier molecular flexibility index (Phi) is 9.23. The second-order valence-electron chi connectivity index (χ2n) is 16.8. The first-order valence-corrected chi connectivity index (χ1v) is 22.0. The minimum atomic E-state index is -0.166. The topological polar surface area (TPSA) is 194 Å². The molecule has 8 aromatic rings. The molecule has 0 spiro atoms. The molecule has 2 aromatic heterocycles. The Morgan fingerprint density at radius 3 is 0.791 bits per heavy atom. The van der Waals surface area contributed by atoms with E-state index in [-0.39, 0.29) is 39.7 Å². The third-order valence-corrected chi connectivity index (χ3v) is 13.8. The number of anilines is 8. The van der Waals surface area contributed by atoms with Crippen molar-refractivity contribution in [2.75, 3.05) is 49.7 Å². The molecule has 0 radical (unpaired) electrons. The Morgan fingerprint density at radius 2 is 0.552 bits per heavy atom. The largest absolute Gasteiger partial charge is 0.493 e. The van der Waals surface area contributed by atoms with E-state index in [0.717, 1.165) is 67.3 Å². The number of nitrogens with zero attached hydrogens (tertiary/aromatic N) is 6. The summed E-state index contributed by atoms with van der Waals surface area (Å²) >= 11 is 13.3. The lowest BCUT2D eigenvalue weighted by Gasteiger charge is -2.43. The van der Waals surface area contributed by atoms with Gasteiger partial charge >= 0.3 is 0 Å². The molecule has 332 valence electrons. The predicted molar refractivity (Wildman–Crippen MR) is 255 cm³/mol. The summed E-state index contributed by atoms with van der Waals surface area (Å²) in [5, 5.41) is 13.8. The number of benzene rings is 6. The third kappa shape index (κ3) is 6.22. The van der Waals surface area contributed by atoms with Crippen molar-refractivity contribution >= 4 is 69.7 Å². The van der Waals surface area contributed by atoms with Gasteiger partial charge < -0.3 is 45.7 Å². The van der Waals surface area contributed by atoms with E-state index in [2.05, 4.69) is 114 Å². The fraction of sp³-hybridized carbons (Fsp3) is 0.160. The Morgan fingerprint density at radius 1 is 0.328 bits per heavy atom. The van der Waals surface area contributed by atoms with E-state index in [0.29, 0.717) is 46.8 Å². The van der Waals surface area contributed by atoms with Gasteiger partial charge in [-0.1, -0.05) is 24.3 Å². The number of rotatable bonds is 4. The van der Waals surface area contributed by atoms with Crippen molar-refractivity contribution in [3.63, 3.8) is 0 Å². The summed E-state index contributed by atoms with van der Waals surface area (Å²) in [5.41, 5.74) is 17.0. The Bertz CT molecular complexity index is 3050. The molecule has 7 aliphatic rings. The van der Waals surface area contributed by atoms with Crippen LogP contribution in [0.4, 0.5) is 46.5 Å². The van der Waals surface area contributed by atoms with Gasteiger partial charge in [0.1, 0.15) is 0 Å². The van der Waals surface area contributed by atoms with Gasteiger partial charge in [-0.3, -0.25) is 0 Å². The number of nitrogens with one attached hydrogen (secondary N) is 4. The van der Waals surface area contributed by atoms with Gasteiger partial charge in [-0.05, 0) is 163 Å². The van der Waals surface area contributed by atoms with Crippen molar-refractivity contribution in [2.45, 2.75) is 23.7 Å². The van der Waals surface area contributed by atoms with Crippen molar-refractivity contribution in [3.05, 3.63) is 174 Å². The normalized spacial score (nSPS) is 17.8. The van der Waals surface area contributed by atoms with E-state index >= 15 is 0 Å². The van der Waals surface area contributed by atoms with Gasteiger partial charge in [0.15, 0.2) is 23.0 Å². The smallest absolute Gasteiger partial charge is 0.233 e. The number of ether oxygens (including phenoxy) is 4. The van der Waals surface area contributed by atoms with Gasteiger partial charge in [0.25, 0.3) is 0 Å². The summed E-state index contributed by atoms with van der Waals surface area (Å²) in [6.45, 7) is 0. The van der Waals surface area contributed by atoms with Crippen LogP contribution >= 0.6 is 23.2 Å². The first-order valence-electron chi connectivity index (χ1n) is 21.2. The lowest BCUT2D eigenvalue weighted by Crippen LogP contribution is -2.28. The Hall–Kier alpha value is -7.72. The Balaban J connectivity index is 0.00000468. The molecule has 6 N–H and O–H groups in total. The standard InChI is InChI=1S/C50H36Cl2N10O4.H2O/c1-63-37-17-33-35(19-39(37)65-3)43-29-13-21-5-9-25(29)41(33)26-10-6-22(14-30(26)43)54-48-58-46(52)60-50(62-48)56-24-8-12-28-32(16-24)44-31-15-23(55-49-59-45(51)57-47(53-21)61-49)7-11-27(31)42(28)34-18-38(64-2)40(66-4)20-36(34)44;/h5-20,41-44H,1-4H3,(H2,53,55,57,59,61)(H2,54,56,58,60,62);1H2. The van der Waals surface area contributed by atoms with Crippen LogP contribution in [0, 0.1) is 0 Å². The van der Waals surface area contributed by atoms with E-state index in [1.165, 1.54) is 22.3 Å². The molecule has 3 heterocycles. The molecule has 0 atom stereocenters. The quantitative estimate of drug-likeness (QED) is 0.130. The maximum absolute atomic E-state index is 6.63. The van der Waals surface area contributed by atoms with Crippen LogP contribution in [0.5, 0.6) is 23.0 Å². The highest BCUT2D eigenvalue weighted by atomic mass is 35.5. The van der Waals surface area contributed by atoms with Crippen molar-refractivity contribution < 1.29 is 24.4 Å². The summed E-state index contributed by atoms with van der Waals surface area (Å²) < 4.78 is 23.3. The van der Waals surface area contributed by atoms with Gasteiger partial charge in [-0.2, -0.15) is 29.9 Å². The van der Waals surface area contributed by atoms with Gasteiger partial charge in [-0.25, -0.2) is 0 Å². The molecule has 0 amide bonds. The van der Waals surface area contributed by atoms with E-state index in [9.17, 15) is 0 Å². The summed E-state index contributed by atoms with van der Waals surface area (Å²) in [6.07, 6.45) is 0. The number of fused-ring (bicyclic) bond motifs is 8. The molecule has 1 aliphatic heterocycles. The number of aromatic nitrogens is 6. The zero-order chi connectivity index (χ0) is 44.5. The minimum Gasteiger partial charge on any atom is -0.493 e. The first-order chi connectivity index (χ1) is 32.2. The zero-order valence-electron chi connectivity index (χ0n) is 36.1. The van der Waals surface area contributed by atoms with Gasteiger partial charge in [0.05, 0.1) is 28.4 Å². The average Bonchev–Trinajstić information content (AvgIpc) is 3.31. The van der Waals surface area contributed by atoms with Crippen molar-refractivity contribution in [1.82, 2.24) is 29.9 Å². The first kappa shape index (κ1) is 40.8. The summed E-state index contributed by atoms with van der Waals surface area (Å²) in [5.74, 6) is 3.36. The van der Waals surface area contributed by atoms with Crippen LogP contribution in [0.1, 0.15) is 90.4 Å². The second-order valence-corrected chi connectivity index (χ2v) is 17.5. The SMILES string of the molecule is COc1cc2c(cc1OC)C1c3cc4ccc3C2c2ccc(cc21)Nc1nc(Cl)nc(n1)Nc1ccc2c(c1)C1c3cc(ccc3C2c2cc(OC)c(OC)cc21)Nc1nc(Cl)nc(n1)N4.O. The zero-order valence-corrected chi connectivity index (χ0v) is 37.6. The fourth-order valence-electron chi connectivity index (χ4n) is 10.9. The number of methoxy groups -OCH3 is 4. The van der Waals surface area contributed by atoms with Crippen LogP contribution in [0.25, 0.3) is 0 Å². The molecular formula is C50H38Cl2N10O5. The van der Waals surface area contributed by atoms with Crippen LogP contribution < -0.4 is 40.2 Å². The minimum absolute atomic E-state index is 0. The molecule has 0 saturated heterocycles. The van der Waals surface area contributed by atoms with Crippen LogP contribution in [0.2, 0.25) is 10.6 Å². The third-order valence-electron chi connectivity index (χ3n) is 13.5. The summed E-state index contributed by atoms with van der Waals surface area (Å²) in [4.78, 5) is 27.6. The molecule has 15 nitrogen and oxygen atoms in total. The van der Waals surface area contributed by atoms with Crippen LogP contribution in [-0.4, -0.2) is 63.8 Å². The summed E-state index contributed by atoms with van der Waals surface area (Å²) in [6, 6.07) is 33.9. The monoisotopic (exact) mass is 928 g/mol. The van der Waals surface area contributed by atoms with Gasteiger partial charge in [-0.15, -0.1) is 0 Å². The van der Waals surface area contributed by atoms with Crippen molar-refractivity contribution in [1.29, 1.82) is 0 Å². The molecule has 6 aliphatic carbocycles. The number of hydrogen-bond acceptors (Lipinski definition) is 14. The highest BCUT2D eigenvalue weighted by Gasteiger charge is 2.44. The fourth-order valence-corrected chi connectivity index (χ4v) is 11.3. The van der Waals surface area contributed by atoms with E-state index in [4.69, 9.17) is 52.1 Å². The predicted octanol–water partition coefficient (Wildman–Crippen LogP) is 9.84. The molecule has 0 unspecified atom stereocenters. The van der Waals surface area contributed by atoms with Gasteiger partial charge in [0, 0.05) is 46.4 Å².